The molecule has 11 heteroatoms. The molecule has 0 radical (unpaired) electrons. The first-order valence-corrected chi connectivity index (χ1v) is 19.7. The SMILES string of the molecule is O=C(O)C(Cc1cccc(CN(CCNc2cccc(CC(C(=O)O)C3CCNC3)c2)Cc2cccc(CC(C(=O)O)C3CCNC3)c2)c1)C1CCNC1. The first-order chi connectivity index (χ1) is 26.2. The monoisotopic (exact) mass is 739 g/mol. The zero-order valence-corrected chi connectivity index (χ0v) is 31.2. The minimum atomic E-state index is -0.742. The van der Waals surface area contributed by atoms with E-state index in [4.69, 9.17) is 0 Å². The van der Waals surface area contributed by atoms with Crippen LogP contribution in [0.3, 0.4) is 0 Å². The lowest BCUT2D eigenvalue weighted by molar-refractivity contribution is -0.144. The fraction of sp³-hybridized carbons (Fsp3) is 0.512. The maximum absolute atomic E-state index is 12.3. The summed E-state index contributed by atoms with van der Waals surface area (Å²) in [5.41, 5.74) is 6.23. The van der Waals surface area contributed by atoms with Gasteiger partial charge in [0.25, 0.3) is 0 Å². The van der Waals surface area contributed by atoms with E-state index in [-0.39, 0.29) is 17.8 Å². The molecule has 3 aliphatic rings. The highest BCUT2D eigenvalue weighted by Gasteiger charge is 2.32. The van der Waals surface area contributed by atoms with Crippen LogP contribution in [0, 0.1) is 35.5 Å². The number of anilines is 1. The van der Waals surface area contributed by atoms with Gasteiger partial charge in [0.15, 0.2) is 0 Å². The molecule has 6 atom stereocenters. The van der Waals surface area contributed by atoms with E-state index in [0.717, 1.165) is 92.0 Å². The fourth-order valence-corrected chi connectivity index (χ4v) is 8.80. The van der Waals surface area contributed by atoms with Crippen molar-refractivity contribution in [3.05, 3.63) is 101 Å². The molecular weight excluding hydrogens is 683 g/mol. The largest absolute Gasteiger partial charge is 0.481 e. The Balaban J connectivity index is 1.15. The van der Waals surface area contributed by atoms with Gasteiger partial charge >= 0.3 is 17.9 Å². The third-order valence-electron chi connectivity index (χ3n) is 11.8. The van der Waals surface area contributed by atoms with Crippen LogP contribution in [0.5, 0.6) is 0 Å². The summed E-state index contributed by atoms with van der Waals surface area (Å²) in [7, 11) is 0. The van der Waals surface area contributed by atoms with Crippen LogP contribution in [0.2, 0.25) is 0 Å². The van der Waals surface area contributed by atoms with Crippen molar-refractivity contribution < 1.29 is 29.7 Å². The second-order valence-corrected chi connectivity index (χ2v) is 15.7. The van der Waals surface area contributed by atoms with Gasteiger partial charge in [-0.05, 0) is 135 Å². The van der Waals surface area contributed by atoms with Crippen molar-refractivity contribution in [3.63, 3.8) is 0 Å². The molecule has 7 N–H and O–H groups in total. The number of carboxylic acids is 3. The quantitative estimate of drug-likeness (QED) is 0.0882. The molecule has 0 aliphatic carbocycles. The molecule has 3 aromatic rings. The van der Waals surface area contributed by atoms with Crippen molar-refractivity contribution in [1.82, 2.24) is 20.9 Å². The van der Waals surface area contributed by atoms with E-state index in [9.17, 15) is 29.7 Å². The molecule has 3 aromatic carbocycles. The van der Waals surface area contributed by atoms with Crippen molar-refractivity contribution in [2.45, 2.75) is 51.6 Å². The van der Waals surface area contributed by atoms with Gasteiger partial charge in [-0.15, -0.1) is 0 Å². The number of nitrogens with zero attached hydrogens (tertiary/aromatic N) is 1. The Morgan fingerprint density at radius 1 is 0.593 bits per heavy atom. The highest BCUT2D eigenvalue weighted by molar-refractivity contribution is 5.72. The zero-order valence-electron chi connectivity index (χ0n) is 31.2. The van der Waals surface area contributed by atoms with Crippen molar-refractivity contribution in [3.8, 4) is 0 Å². The van der Waals surface area contributed by atoms with Gasteiger partial charge in [0.2, 0.25) is 0 Å². The van der Waals surface area contributed by atoms with Gasteiger partial charge in [-0.1, -0.05) is 60.7 Å². The molecule has 3 aliphatic heterocycles. The molecule has 0 saturated carbocycles. The van der Waals surface area contributed by atoms with Crippen LogP contribution in [0.1, 0.15) is 47.1 Å². The highest BCUT2D eigenvalue weighted by atomic mass is 16.4. The molecule has 3 fully saturated rings. The van der Waals surface area contributed by atoms with Gasteiger partial charge < -0.3 is 36.6 Å². The Morgan fingerprint density at radius 3 is 1.37 bits per heavy atom. The molecular formula is C43H57N5O6. The van der Waals surface area contributed by atoms with Gasteiger partial charge in [-0.25, -0.2) is 0 Å². The van der Waals surface area contributed by atoms with Gasteiger partial charge in [0.1, 0.15) is 0 Å². The molecule has 0 aromatic heterocycles. The van der Waals surface area contributed by atoms with E-state index in [0.29, 0.717) is 45.4 Å². The van der Waals surface area contributed by atoms with E-state index < -0.39 is 35.7 Å². The number of nitrogens with one attached hydrogen (secondary N) is 4. The summed E-state index contributed by atoms with van der Waals surface area (Å²) in [5, 5.41) is 43.6. The number of rotatable bonds is 20. The normalized spacial score (nSPS) is 21.5. The molecule has 6 rings (SSSR count). The molecule has 290 valence electrons. The lowest BCUT2D eigenvalue weighted by Crippen LogP contribution is -2.29. The van der Waals surface area contributed by atoms with Crippen molar-refractivity contribution in [2.24, 2.45) is 35.5 Å². The molecule has 0 amide bonds. The Bertz CT molecular complexity index is 1620. The standard InChI is InChI=1S/C43H57N5O6/c49-41(50)38(34-10-13-44-24-34)21-29-4-1-7-32(18-29)27-48(28-33-8-2-5-30(19-33)22-39(42(51)52)35-11-14-45-25-35)17-16-47-37-9-3-6-31(20-37)23-40(43(53)54)36-12-15-46-26-36/h1-9,18-20,34-36,38-40,44-47H,10-17,21-28H2,(H,49,50)(H,51,52)(H,53,54). The van der Waals surface area contributed by atoms with Gasteiger partial charge in [0, 0.05) is 31.9 Å². The Hall–Kier alpha value is -4.29. The van der Waals surface area contributed by atoms with Crippen molar-refractivity contribution in [1.29, 1.82) is 0 Å². The summed E-state index contributed by atoms with van der Waals surface area (Å²) in [5.74, 6) is -3.11. The van der Waals surface area contributed by atoms with Crippen molar-refractivity contribution >= 4 is 23.6 Å². The number of carboxylic acid groups (broad SMARTS) is 3. The Kier molecular flexibility index (Phi) is 14.1. The van der Waals surface area contributed by atoms with Crippen LogP contribution in [-0.2, 0) is 46.7 Å². The van der Waals surface area contributed by atoms with E-state index in [1.165, 1.54) is 0 Å². The number of benzene rings is 3. The third-order valence-corrected chi connectivity index (χ3v) is 11.8. The first-order valence-electron chi connectivity index (χ1n) is 19.7. The number of carbonyl (C=O) groups is 3. The van der Waals surface area contributed by atoms with Crippen molar-refractivity contribution in [2.75, 3.05) is 57.7 Å². The molecule has 3 heterocycles. The summed E-state index contributed by atoms with van der Waals surface area (Å²) in [6.07, 6.45) is 4.13. The second-order valence-electron chi connectivity index (χ2n) is 15.7. The maximum Gasteiger partial charge on any atom is 0.307 e. The summed E-state index contributed by atoms with van der Waals surface area (Å²) < 4.78 is 0. The predicted octanol–water partition coefficient (Wildman–Crippen LogP) is 4.36. The summed E-state index contributed by atoms with van der Waals surface area (Å²) in [4.78, 5) is 39.0. The van der Waals surface area contributed by atoms with Gasteiger partial charge in [-0.3, -0.25) is 19.3 Å². The molecule has 6 unspecified atom stereocenters. The first kappa shape index (κ1) is 39.4. The van der Waals surface area contributed by atoms with E-state index >= 15 is 0 Å². The number of hydrogen-bond acceptors (Lipinski definition) is 8. The fourth-order valence-electron chi connectivity index (χ4n) is 8.80. The number of aliphatic carboxylic acids is 3. The third kappa shape index (κ3) is 11.1. The number of hydrogen-bond donors (Lipinski definition) is 7. The lowest BCUT2D eigenvalue weighted by Gasteiger charge is -2.25. The van der Waals surface area contributed by atoms with Crippen LogP contribution in [0.25, 0.3) is 0 Å². The smallest absolute Gasteiger partial charge is 0.307 e. The summed E-state index contributed by atoms with van der Waals surface area (Å²) in [6, 6.07) is 24.7. The zero-order chi connectivity index (χ0) is 37.9. The molecule has 0 bridgehead atoms. The predicted molar refractivity (Wildman–Crippen MR) is 209 cm³/mol. The second kappa shape index (κ2) is 19.3. The highest BCUT2D eigenvalue weighted by Crippen LogP contribution is 2.27. The van der Waals surface area contributed by atoms with Gasteiger partial charge in [0.05, 0.1) is 17.8 Å². The lowest BCUT2D eigenvalue weighted by atomic mass is 9.86. The summed E-state index contributed by atoms with van der Waals surface area (Å²) in [6.45, 7) is 7.48. The topological polar surface area (TPSA) is 163 Å². The average molecular weight is 740 g/mol. The van der Waals surface area contributed by atoms with Gasteiger partial charge in [-0.2, -0.15) is 0 Å². The Morgan fingerprint density at radius 2 is 0.981 bits per heavy atom. The van der Waals surface area contributed by atoms with Crippen LogP contribution in [0.4, 0.5) is 5.69 Å². The van der Waals surface area contributed by atoms with Crippen LogP contribution >= 0.6 is 0 Å². The maximum atomic E-state index is 12.3. The van der Waals surface area contributed by atoms with Crippen LogP contribution < -0.4 is 21.3 Å². The van der Waals surface area contributed by atoms with Crippen LogP contribution in [0.15, 0.2) is 72.8 Å². The Labute approximate surface area is 318 Å². The molecule has 54 heavy (non-hydrogen) atoms. The van der Waals surface area contributed by atoms with E-state index in [2.05, 4.69) is 56.5 Å². The minimum absolute atomic E-state index is 0.125. The van der Waals surface area contributed by atoms with E-state index in [1.54, 1.807) is 0 Å². The average Bonchev–Trinajstić information content (AvgIpc) is 3.97. The minimum Gasteiger partial charge on any atom is -0.481 e. The van der Waals surface area contributed by atoms with Crippen LogP contribution in [-0.4, -0.2) is 90.5 Å². The summed E-state index contributed by atoms with van der Waals surface area (Å²) >= 11 is 0. The molecule has 3 saturated heterocycles. The van der Waals surface area contributed by atoms with E-state index in [1.807, 2.05) is 42.5 Å². The molecule has 0 spiro atoms. The molecule has 11 nitrogen and oxygen atoms in total.